The van der Waals surface area contributed by atoms with Crippen LogP contribution in [0.3, 0.4) is 0 Å². The maximum absolute atomic E-state index is 10.2. The van der Waals surface area contributed by atoms with E-state index in [0.29, 0.717) is 33.0 Å². The Bertz CT molecular complexity index is 599. The largest absolute Gasteiger partial charge is 0.492 e. The van der Waals surface area contributed by atoms with Crippen molar-refractivity contribution >= 4 is 18.4 Å². The van der Waals surface area contributed by atoms with Crippen LogP contribution < -0.4 is 9.82 Å². The van der Waals surface area contributed by atoms with Crippen LogP contribution in [-0.2, 0) is 30.5 Å². The van der Waals surface area contributed by atoms with Gasteiger partial charge < -0.3 is 28.4 Å². The third-order valence-corrected chi connectivity index (χ3v) is 5.57. The first-order valence-corrected chi connectivity index (χ1v) is 11.6. The van der Waals surface area contributed by atoms with Gasteiger partial charge in [-0.15, -0.1) is 0 Å². The van der Waals surface area contributed by atoms with Crippen molar-refractivity contribution < 1.29 is 28.4 Å². The maximum Gasteiger partial charge on any atom is 0.258 e. The van der Waals surface area contributed by atoms with Crippen molar-refractivity contribution in [2.75, 3.05) is 47.2 Å². The molecule has 0 heterocycles. The molecular weight excluding hydrogens is 389 g/mol. The van der Waals surface area contributed by atoms with Crippen LogP contribution >= 0.6 is 6.64 Å². The van der Waals surface area contributed by atoms with Crippen molar-refractivity contribution in [1.29, 1.82) is 0 Å². The van der Waals surface area contributed by atoms with E-state index in [4.69, 9.17) is 35.3 Å². The lowest BCUT2D eigenvalue weighted by Gasteiger charge is -2.20. The second kappa shape index (κ2) is 12.8. The fourth-order valence-electron chi connectivity index (χ4n) is 2.35. The highest BCUT2D eigenvalue weighted by molar-refractivity contribution is 8.08. The molecular formula is C18H32NO6PS. The summed E-state index contributed by atoms with van der Waals surface area (Å²) in [4.78, 5) is 10.2. The predicted octanol–water partition coefficient (Wildman–Crippen LogP) is 3.16. The van der Waals surface area contributed by atoms with Crippen LogP contribution in [0.25, 0.3) is 0 Å². The third kappa shape index (κ3) is 9.45. The molecule has 1 rings (SSSR count). The van der Waals surface area contributed by atoms with Gasteiger partial charge in [-0.3, -0.25) is 0 Å². The topological polar surface area (TPSA) is 78.4 Å². The first-order valence-electron chi connectivity index (χ1n) is 8.92. The third-order valence-electron chi connectivity index (χ3n) is 3.75. The Hall–Kier alpha value is -0.570. The standard InChI is InChI=1S/C18H32NO6PS/c1-6-23-12-14(2)13-25-26(20,27)19-9-10-24-16-7-8-17(15(3)11-16)18(21-4)22-5/h7-8,11,14,18H,6,9-10,12-13H2,1-5H3,(H2,19,20,27). The van der Waals surface area contributed by atoms with Gasteiger partial charge in [-0.05, 0) is 43.4 Å². The van der Waals surface area contributed by atoms with Crippen LogP contribution in [0.2, 0.25) is 0 Å². The molecule has 0 saturated carbocycles. The summed E-state index contributed by atoms with van der Waals surface area (Å²) in [6.07, 6.45) is -0.400. The van der Waals surface area contributed by atoms with Gasteiger partial charge in [0.2, 0.25) is 0 Å². The Labute approximate surface area is 167 Å². The SMILES string of the molecule is CCOCC(C)COP(O)(=S)NCCOc1ccc(C(OC)OC)c(C)c1. The number of aryl methyl sites for hydroxylation is 1. The zero-order valence-corrected chi connectivity index (χ0v) is 18.5. The fourth-order valence-corrected chi connectivity index (χ4v) is 3.73. The van der Waals surface area contributed by atoms with E-state index >= 15 is 0 Å². The molecule has 2 unspecified atom stereocenters. The number of ether oxygens (including phenoxy) is 4. The van der Waals surface area contributed by atoms with Crippen LogP contribution in [-0.4, -0.2) is 52.1 Å². The summed E-state index contributed by atoms with van der Waals surface area (Å²) in [6, 6.07) is 5.69. The Balaban J connectivity index is 2.38. The van der Waals surface area contributed by atoms with Gasteiger partial charge in [0, 0.05) is 38.9 Å². The summed E-state index contributed by atoms with van der Waals surface area (Å²) in [7, 11) is 3.20. The molecule has 0 saturated heterocycles. The van der Waals surface area contributed by atoms with E-state index in [0.717, 1.165) is 16.9 Å². The van der Waals surface area contributed by atoms with E-state index in [-0.39, 0.29) is 5.92 Å². The lowest BCUT2D eigenvalue weighted by molar-refractivity contribution is -0.106. The van der Waals surface area contributed by atoms with E-state index in [1.54, 1.807) is 14.2 Å². The zero-order valence-electron chi connectivity index (χ0n) is 16.8. The van der Waals surface area contributed by atoms with Gasteiger partial charge in [-0.2, -0.15) is 0 Å². The Morgan fingerprint density at radius 2 is 1.93 bits per heavy atom. The second-order valence-electron chi connectivity index (χ2n) is 6.16. The quantitative estimate of drug-likeness (QED) is 0.269. The highest BCUT2D eigenvalue weighted by Crippen LogP contribution is 2.37. The molecule has 0 aromatic heterocycles. The van der Waals surface area contributed by atoms with E-state index in [1.165, 1.54) is 0 Å². The normalized spacial score (nSPS) is 14.9. The van der Waals surface area contributed by atoms with E-state index in [1.807, 2.05) is 39.0 Å². The molecule has 2 atom stereocenters. The van der Waals surface area contributed by atoms with Crippen molar-refractivity contribution in [2.24, 2.45) is 5.92 Å². The Morgan fingerprint density at radius 1 is 1.22 bits per heavy atom. The summed E-state index contributed by atoms with van der Waals surface area (Å²) in [6.45, 7) is 5.19. The van der Waals surface area contributed by atoms with Crippen LogP contribution in [0.15, 0.2) is 18.2 Å². The maximum atomic E-state index is 10.2. The fraction of sp³-hybridized carbons (Fsp3) is 0.667. The molecule has 0 amide bonds. The number of hydrogen-bond donors (Lipinski definition) is 2. The Morgan fingerprint density at radius 3 is 2.52 bits per heavy atom. The average Bonchev–Trinajstić information content (AvgIpc) is 2.64. The number of nitrogens with one attached hydrogen (secondary N) is 1. The van der Waals surface area contributed by atoms with Crippen LogP contribution in [0, 0.1) is 12.8 Å². The minimum atomic E-state index is -3.02. The lowest BCUT2D eigenvalue weighted by Crippen LogP contribution is -2.21. The van der Waals surface area contributed by atoms with E-state index in [2.05, 4.69) is 5.09 Å². The molecule has 1 aromatic rings. The molecule has 0 radical (unpaired) electrons. The molecule has 27 heavy (non-hydrogen) atoms. The highest BCUT2D eigenvalue weighted by Gasteiger charge is 2.15. The number of hydrogen-bond acceptors (Lipinski definition) is 6. The molecule has 0 aliphatic carbocycles. The molecule has 2 N–H and O–H groups in total. The van der Waals surface area contributed by atoms with Crippen molar-refractivity contribution in [3.63, 3.8) is 0 Å². The van der Waals surface area contributed by atoms with E-state index in [9.17, 15) is 4.89 Å². The van der Waals surface area contributed by atoms with Crippen LogP contribution in [0.4, 0.5) is 0 Å². The second-order valence-corrected chi connectivity index (χ2v) is 9.26. The smallest absolute Gasteiger partial charge is 0.258 e. The molecule has 0 fully saturated rings. The average molecular weight is 421 g/mol. The first-order chi connectivity index (χ1) is 12.8. The molecule has 1 aromatic carbocycles. The molecule has 7 nitrogen and oxygen atoms in total. The summed E-state index contributed by atoms with van der Waals surface area (Å²) >= 11 is 5.11. The van der Waals surface area contributed by atoms with Gasteiger partial charge in [0.05, 0.1) is 13.2 Å². The molecule has 0 spiro atoms. The summed E-state index contributed by atoms with van der Waals surface area (Å²) in [5.41, 5.74) is 1.96. The summed E-state index contributed by atoms with van der Waals surface area (Å²) in [5.74, 6) is 0.892. The Kier molecular flexibility index (Phi) is 11.6. The van der Waals surface area contributed by atoms with Crippen molar-refractivity contribution in [3.05, 3.63) is 29.3 Å². The number of methoxy groups -OCH3 is 2. The highest BCUT2D eigenvalue weighted by atomic mass is 32.5. The van der Waals surface area contributed by atoms with Crippen LogP contribution in [0.1, 0.15) is 31.3 Å². The van der Waals surface area contributed by atoms with Gasteiger partial charge in [-0.1, -0.05) is 13.0 Å². The van der Waals surface area contributed by atoms with Gasteiger partial charge in [0.1, 0.15) is 12.4 Å². The zero-order chi connectivity index (χ0) is 20.3. The van der Waals surface area contributed by atoms with Crippen molar-refractivity contribution in [3.8, 4) is 5.75 Å². The monoisotopic (exact) mass is 421 g/mol. The molecule has 0 aliphatic rings. The first kappa shape index (κ1) is 24.5. The predicted molar refractivity (Wildman–Crippen MR) is 110 cm³/mol. The van der Waals surface area contributed by atoms with Gasteiger partial charge in [-0.25, -0.2) is 5.09 Å². The summed E-state index contributed by atoms with van der Waals surface area (Å²) in [5, 5.41) is 2.86. The molecule has 0 aliphatic heterocycles. The van der Waals surface area contributed by atoms with Gasteiger partial charge in [0.25, 0.3) is 6.64 Å². The number of rotatable bonds is 14. The molecule has 0 bridgehead atoms. The molecule has 9 heteroatoms. The van der Waals surface area contributed by atoms with E-state index < -0.39 is 12.9 Å². The minimum absolute atomic E-state index is 0.169. The van der Waals surface area contributed by atoms with Crippen LogP contribution in [0.5, 0.6) is 5.75 Å². The summed E-state index contributed by atoms with van der Waals surface area (Å²) < 4.78 is 27.0. The van der Waals surface area contributed by atoms with Crippen molar-refractivity contribution in [1.82, 2.24) is 5.09 Å². The molecule has 156 valence electrons. The lowest BCUT2D eigenvalue weighted by atomic mass is 10.1. The van der Waals surface area contributed by atoms with Crippen molar-refractivity contribution in [2.45, 2.75) is 27.1 Å². The van der Waals surface area contributed by atoms with Gasteiger partial charge >= 0.3 is 0 Å². The minimum Gasteiger partial charge on any atom is -0.492 e. The number of benzene rings is 1. The van der Waals surface area contributed by atoms with Gasteiger partial charge in [0.15, 0.2) is 6.29 Å².